The molecule has 0 unspecified atom stereocenters. The van der Waals surface area contributed by atoms with Gasteiger partial charge in [0.25, 0.3) is 5.91 Å². The molecule has 1 saturated heterocycles. The summed E-state index contributed by atoms with van der Waals surface area (Å²) >= 11 is 0. The predicted molar refractivity (Wildman–Crippen MR) is 137 cm³/mol. The molecule has 8 heteroatoms. The molecule has 1 heterocycles. The van der Waals surface area contributed by atoms with Crippen LogP contribution in [0.15, 0.2) is 91.0 Å². The summed E-state index contributed by atoms with van der Waals surface area (Å²) in [6.45, 7) is -0.245. The third-order valence-electron chi connectivity index (χ3n) is 6.40. The van der Waals surface area contributed by atoms with Gasteiger partial charge in [-0.3, -0.25) is 4.79 Å². The molecule has 3 aromatic carbocycles. The van der Waals surface area contributed by atoms with Gasteiger partial charge in [0.2, 0.25) is 0 Å². The largest absolute Gasteiger partial charge is 0.388 e. The topological polar surface area (TPSA) is 95.5 Å². The Balaban J connectivity index is 1.69. The lowest BCUT2D eigenvalue weighted by Gasteiger charge is -2.42. The van der Waals surface area contributed by atoms with Crippen molar-refractivity contribution in [3.8, 4) is 0 Å². The number of hydrogen-bond acceptors (Lipinski definition) is 7. The van der Waals surface area contributed by atoms with Gasteiger partial charge in [-0.25, -0.2) is 0 Å². The summed E-state index contributed by atoms with van der Waals surface area (Å²) in [5.41, 5.74) is 1.74. The average molecular weight is 508 g/mol. The highest BCUT2D eigenvalue weighted by Gasteiger charge is 2.47. The smallest absolute Gasteiger partial charge is 0.252 e. The van der Waals surface area contributed by atoms with Gasteiger partial charge in [-0.1, -0.05) is 91.0 Å². The zero-order valence-corrected chi connectivity index (χ0v) is 21.0. The molecule has 1 aliphatic heterocycles. The van der Waals surface area contributed by atoms with Crippen molar-refractivity contribution in [3.63, 3.8) is 0 Å². The Bertz CT molecular complexity index is 1000. The summed E-state index contributed by atoms with van der Waals surface area (Å²) in [5.74, 6) is -0.429. The maximum atomic E-state index is 13.0. The van der Waals surface area contributed by atoms with Crippen LogP contribution in [0.5, 0.6) is 0 Å². The van der Waals surface area contributed by atoms with Crippen LogP contribution < -0.4 is 5.32 Å². The minimum absolute atomic E-state index is 0.00453. The van der Waals surface area contributed by atoms with Crippen LogP contribution in [-0.2, 0) is 34.1 Å². The first-order chi connectivity index (χ1) is 18.1. The fourth-order valence-electron chi connectivity index (χ4n) is 4.68. The molecular weight excluding hydrogens is 474 g/mol. The molecule has 1 amide bonds. The van der Waals surface area contributed by atoms with E-state index in [1.807, 2.05) is 91.0 Å². The van der Waals surface area contributed by atoms with E-state index in [2.05, 4.69) is 5.32 Å². The third-order valence-corrected chi connectivity index (χ3v) is 6.40. The molecule has 4 rings (SSSR count). The van der Waals surface area contributed by atoms with Gasteiger partial charge in [-0.15, -0.1) is 0 Å². The number of rotatable bonds is 12. The second-order valence-corrected chi connectivity index (χ2v) is 8.73. The van der Waals surface area contributed by atoms with E-state index in [-0.39, 0.29) is 20.2 Å². The maximum Gasteiger partial charge on any atom is 0.252 e. The SMILES string of the molecule is COCO[C@@H]1[C@H](O)[C@@H](COC(c2ccccc2)(c2ccccc2)c2ccccc2)NC(=O)[C@H]1OCOC. The van der Waals surface area contributed by atoms with Crippen molar-refractivity contribution in [1.82, 2.24) is 5.32 Å². The van der Waals surface area contributed by atoms with E-state index in [0.717, 1.165) is 16.7 Å². The fraction of sp³-hybridized carbons (Fsp3) is 0.345. The molecule has 0 aliphatic carbocycles. The quantitative estimate of drug-likeness (QED) is 0.288. The van der Waals surface area contributed by atoms with Crippen LogP contribution in [0, 0.1) is 0 Å². The molecule has 0 spiro atoms. The highest BCUT2D eigenvalue weighted by atomic mass is 16.7. The number of carbonyl (C=O) groups excluding carboxylic acids is 1. The summed E-state index contributed by atoms with van der Waals surface area (Å²) in [5, 5.41) is 14.1. The zero-order valence-electron chi connectivity index (χ0n) is 21.0. The lowest BCUT2D eigenvalue weighted by atomic mass is 9.80. The van der Waals surface area contributed by atoms with Crippen molar-refractivity contribution in [2.24, 2.45) is 0 Å². The van der Waals surface area contributed by atoms with Crippen molar-refractivity contribution < 1.29 is 33.6 Å². The van der Waals surface area contributed by atoms with E-state index in [1.54, 1.807) is 0 Å². The summed E-state index contributed by atoms with van der Waals surface area (Å²) in [4.78, 5) is 13.0. The van der Waals surface area contributed by atoms with Crippen molar-refractivity contribution in [2.75, 3.05) is 34.4 Å². The minimum Gasteiger partial charge on any atom is -0.388 e. The molecule has 0 aromatic heterocycles. The van der Waals surface area contributed by atoms with Crippen LogP contribution >= 0.6 is 0 Å². The van der Waals surface area contributed by atoms with E-state index in [9.17, 15) is 9.90 Å². The van der Waals surface area contributed by atoms with Gasteiger partial charge in [0.15, 0.2) is 6.10 Å². The van der Waals surface area contributed by atoms with Crippen LogP contribution in [0.4, 0.5) is 0 Å². The van der Waals surface area contributed by atoms with Gasteiger partial charge in [-0.2, -0.15) is 0 Å². The number of methoxy groups -OCH3 is 2. The first-order valence-corrected chi connectivity index (χ1v) is 12.1. The summed E-state index contributed by atoms with van der Waals surface area (Å²) in [6.07, 6.45) is -3.17. The third kappa shape index (κ3) is 5.91. The van der Waals surface area contributed by atoms with E-state index in [0.29, 0.717) is 0 Å². The molecule has 4 atom stereocenters. The van der Waals surface area contributed by atoms with E-state index in [1.165, 1.54) is 14.2 Å². The normalized spacial score (nSPS) is 22.0. The number of hydrogen-bond donors (Lipinski definition) is 2. The molecular formula is C29H33NO7. The summed E-state index contributed by atoms with van der Waals surface area (Å²) < 4.78 is 27.9. The number of nitrogens with one attached hydrogen (secondary N) is 1. The van der Waals surface area contributed by atoms with Gasteiger partial charge in [0.1, 0.15) is 31.4 Å². The number of ether oxygens (including phenoxy) is 5. The Hall–Kier alpha value is -3.11. The monoisotopic (exact) mass is 507 g/mol. The van der Waals surface area contributed by atoms with Crippen LogP contribution in [0.25, 0.3) is 0 Å². The molecule has 1 fully saturated rings. The molecule has 8 nitrogen and oxygen atoms in total. The Morgan fingerprint density at radius 1 is 0.757 bits per heavy atom. The first kappa shape index (κ1) is 26.9. The number of benzene rings is 3. The molecule has 1 aliphatic rings. The van der Waals surface area contributed by atoms with Gasteiger partial charge >= 0.3 is 0 Å². The van der Waals surface area contributed by atoms with Crippen LogP contribution in [0.3, 0.4) is 0 Å². The molecule has 3 aromatic rings. The van der Waals surface area contributed by atoms with Crippen molar-refractivity contribution in [3.05, 3.63) is 108 Å². The minimum atomic E-state index is -1.13. The fourth-order valence-corrected chi connectivity index (χ4v) is 4.68. The summed E-state index contributed by atoms with van der Waals surface area (Å²) in [6, 6.07) is 28.9. The van der Waals surface area contributed by atoms with Gasteiger partial charge < -0.3 is 34.1 Å². The molecule has 0 saturated carbocycles. The van der Waals surface area contributed by atoms with Gasteiger partial charge in [0, 0.05) is 14.2 Å². The van der Waals surface area contributed by atoms with E-state index in [4.69, 9.17) is 23.7 Å². The second kappa shape index (κ2) is 12.9. The van der Waals surface area contributed by atoms with Crippen LogP contribution in [-0.4, -0.2) is 69.8 Å². The van der Waals surface area contributed by atoms with E-state index >= 15 is 0 Å². The number of carbonyl (C=O) groups is 1. The van der Waals surface area contributed by atoms with Crippen LogP contribution in [0.2, 0.25) is 0 Å². The molecule has 2 N–H and O–H groups in total. The highest BCUT2D eigenvalue weighted by Crippen LogP contribution is 2.40. The predicted octanol–water partition coefficient (Wildman–Crippen LogP) is 2.83. The van der Waals surface area contributed by atoms with E-state index < -0.39 is 35.9 Å². The lowest BCUT2D eigenvalue weighted by molar-refractivity contribution is -0.208. The van der Waals surface area contributed by atoms with Gasteiger partial charge in [-0.05, 0) is 16.7 Å². The summed E-state index contributed by atoms with van der Waals surface area (Å²) in [7, 11) is 2.92. The number of aliphatic hydroxyl groups excluding tert-OH is 1. The van der Waals surface area contributed by atoms with Gasteiger partial charge in [0.05, 0.1) is 12.6 Å². The Morgan fingerprint density at radius 3 is 1.68 bits per heavy atom. The maximum absolute atomic E-state index is 13.0. The number of piperidine rings is 1. The average Bonchev–Trinajstić information content (AvgIpc) is 2.95. The Morgan fingerprint density at radius 2 is 1.22 bits per heavy atom. The first-order valence-electron chi connectivity index (χ1n) is 12.1. The second-order valence-electron chi connectivity index (χ2n) is 8.73. The van der Waals surface area contributed by atoms with Crippen molar-refractivity contribution >= 4 is 5.91 Å². The lowest BCUT2D eigenvalue weighted by Crippen LogP contribution is -2.65. The number of amides is 1. The van der Waals surface area contributed by atoms with Crippen molar-refractivity contribution in [2.45, 2.75) is 30.0 Å². The Kier molecular flexibility index (Phi) is 9.40. The Labute approximate surface area is 217 Å². The molecule has 196 valence electrons. The van der Waals surface area contributed by atoms with Crippen LogP contribution in [0.1, 0.15) is 16.7 Å². The number of aliphatic hydroxyl groups is 1. The standard InChI is InChI=1S/C29H33NO7/c1-33-19-35-26-25(31)24(30-28(32)27(26)36-20-34-2)18-37-29(21-12-6-3-7-13-21,22-14-8-4-9-15-22)23-16-10-5-11-17-23/h3-17,24-27,31H,18-20H2,1-2H3,(H,30,32)/t24-,25-,26-,27+/m1/s1. The molecule has 37 heavy (non-hydrogen) atoms. The van der Waals surface area contributed by atoms with Crippen molar-refractivity contribution in [1.29, 1.82) is 0 Å². The zero-order chi connectivity index (χ0) is 26.1. The molecule has 0 radical (unpaired) electrons. The molecule has 0 bridgehead atoms. The highest BCUT2D eigenvalue weighted by molar-refractivity contribution is 5.83.